The van der Waals surface area contributed by atoms with Gasteiger partial charge >= 0.3 is 0 Å². The van der Waals surface area contributed by atoms with Gasteiger partial charge < -0.3 is 11.1 Å². The van der Waals surface area contributed by atoms with E-state index < -0.39 is 6.04 Å². The molecule has 0 aromatic carbocycles. The number of nitrogens with zero attached hydrogens (tertiary/aromatic N) is 1. The number of carbonyl (C=O) groups excluding carboxylic acids is 1. The summed E-state index contributed by atoms with van der Waals surface area (Å²) in [4.78, 5) is 16.1. The second-order valence-corrected chi connectivity index (χ2v) is 4.40. The first-order valence-electron chi connectivity index (χ1n) is 6.03. The molecule has 1 heterocycles. The minimum Gasteiger partial charge on any atom is -0.347 e. The van der Waals surface area contributed by atoms with Gasteiger partial charge in [-0.2, -0.15) is 0 Å². The highest BCUT2D eigenvalue weighted by atomic mass is 16.2. The zero-order chi connectivity index (χ0) is 12.8. The molecule has 0 bridgehead atoms. The molecule has 3 atom stereocenters. The lowest BCUT2D eigenvalue weighted by atomic mass is 9.99. The zero-order valence-corrected chi connectivity index (χ0v) is 10.7. The molecule has 0 saturated carbocycles. The predicted molar refractivity (Wildman–Crippen MR) is 68.2 cm³/mol. The quantitative estimate of drug-likeness (QED) is 0.815. The Labute approximate surface area is 103 Å². The maximum absolute atomic E-state index is 11.9. The van der Waals surface area contributed by atoms with Gasteiger partial charge in [0.1, 0.15) is 0 Å². The van der Waals surface area contributed by atoms with Crippen LogP contribution < -0.4 is 11.1 Å². The lowest BCUT2D eigenvalue weighted by Crippen LogP contribution is -2.45. The summed E-state index contributed by atoms with van der Waals surface area (Å²) in [5.74, 6) is 0.0726. The molecule has 1 unspecified atom stereocenters. The Bertz CT molecular complexity index is 353. The number of hydrogen-bond acceptors (Lipinski definition) is 3. The average molecular weight is 235 g/mol. The highest BCUT2D eigenvalue weighted by molar-refractivity contribution is 5.82. The molecule has 4 heteroatoms. The van der Waals surface area contributed by atoms with Crippen molar-refractivity contribution in [1.82, 2.24) is 10.3 Å². The number of aromatic nitrogens is 1. The van der Waals surface area contributed by atoms with Crippen LogP contribution in [0.15, 0.2) is 24.4 Å². The monoisotopic (exact) mass is 235 g/mol. The fourth-order valence-electron chi connectivity index (χ4n) is 1.53. The summed E-state index contributed by atoms with van der Waals surface area (Å²) in [6, 6.07) is 5.08. The summed E-state index contributed by atoms with van der Waals surface area (Å²) < 4.78 is 0. The van der Waals surface area contributed by atoms with Gasteiger partial charge in [-0.3, -0.25) is 9.78 Å². The first kappa shape index (κ1) is 13.6. The molecule has 0 aliphatic heterocycles. The van der Waals surface area contributed by atoms with E-state index in [1.54, 1.807) is 6.20 Å². The number of amides is 1. The lowest BCUT2D eigenvalue weighted by molar-refractivity contribution is -0.124. The molecule has 1 aromatic heterocycles. The van der Waals surface area contributed by atoms with E-state index in [1.807, 2.05) is 39.0 Å². The second kappa shape index (κ2) is 6.35. The average Bonchev–Trinajstić information content (AvgIpc) is 2.37. The van der Waals surface area contributed by atoms with E-state index in [0.29, 0.717) is 0 Å². The number of carbonyl (C=O) groups is 1. The van der Waals surface area contributed by atoms with Gasteiger partial charge in [0.05, 0.1) is 17.8 Å². The molecular weight excluding hydrogens is 214 g/mol. The summed E-state index contributed by atoms with van der Waals surface area (Å²) in [6.45, 7) is 5.92. The van der Waals surface area contributed by atoms with Crippen LogP contribution in [0, 0.1) is 5.92 Å². The minimum absolute atomic E-state index is 0.112. The smallest absolute Gasteiger partial charge is 0.237 e. The van der Waals surface area contributed by atoms with Gasteiger partial charge in [0.25, 0.3) is 0 Å². The topological polar surface area (TPSA) is 68.0 Å². The van der Waals surface area contributed by atoms with E-state index in [4.69, 9.17) is 5.73 Å². The minimum atomic E-state index is -0.453. The van der Waals surface area contributed by atoms with Crippen molar-refractivity contribution in [3.8, 4) is 0 Å². The number of pyridine rings is 1. The molecule has 3 N–H and O–H groups in total. The summed E-state index contributed by atoms with van der Waals surface area (Å²) in [7, 11) is 0. The van der Waals surface area contributed by atoms with Crippen LogP contribution in [0.3, 0.4) is 0 Å². The number of nitrogens with two attached hydrogens (primary N) is 1. The second-order valence-electron chi connectivity index (χ2n) is 4.40. The molecule has 0 aliphatic carbocycles. The first-order chi connectivity index (χ1) is 8.06. The zero-order valence-electron chi connectivity index (χ0n) is 10.7. The Morgan fingerprint density at radius 2 is 2.18 bits per heavy atom. The van der Waals surface area contributed by atoms with Crippen LogP contribution in [0.2, 0.25) is 0 Å². The maximum atomic E-state index is 11.9. The third-order valence-electron chi connectivity index (χ3n) is 3.05. The third kappa shape index (κ3) is 3.82. The van der Waals surface area contributed by atoms with Crippen LogP contribution >= 0.6 is 0 Å². The third-order valence-corrected chi connectivity index (χ3v) is 3.05. The molecule has 1 rings (SSSR count). The van der Waals surface area contributed by atoms with Gasteiger partial charge in [-0.15, -0.1) is 0 Å². The molecule has 0 saturated heterocycles. The molecule has 17 heavy (non-hydrogen) atoms. The van der Waals surface area contributed by atoms with E-state index in [0.717, 1.165) is 12.1 Å². The molecular formula is C13H21N3O. The molecule has 0 fully saturated rings. The largest absolute Gasteiger partial charge is 0.347 e. The first-order valence-corrected chi connectivity index (χ1v) is 6.03. The van der Waals surface area contributed by atoms with Gasteiger partial charge in [-0.1, -0.05) is 26.3 Å². The normalized spacial score (nSPS) is 16.0. The molecule has 0 spiro atoms. The van der Waals surface area contributed by atoms with Crippen LogP contribution in [0.5, 0.6) is 0 Å². The Morgan fingerprint density at radius 3 is 2.71 bits per heavy atom. The van der Waals surface area contributed by atoms with Crippen molar-refractivity contribution >= 4 is 5.91 Å². The molecule has 94 valence electrons. The molecule has 1 aromatic rings. The van der Waals surface area contributed by atoms with Crippen LogP contribution in [0.1, 0.15) is 38.9 Å². The highest BCUT2D eigenvalue weighted by Crippen LogP contribution is 2.10. The fourth-order valence-corrected chi connectivity index (χ4v) is 1.53. The van der Waals surface area contributed by atoms with E-state index >= 15 is 0 Å². The van der Waals surface area contributed by atoms with Crippen molar-refractivity contribution in [2.24, 2.45) is 11.7 Å². The number of hydrogen-bond donors (Lipinski definition) is 2. The number of rotatable bonds is 5. The number of nitrogens with one attached hydrogen (secondary N) is 1. The fraction of sp³-hybridized carbons (Fsp3) is 0.538. The predicted octanol–water partition coefficient (Wildman–Crippen LogP) is 1.63. The van der Waals surface area contributed by atoms with Gasteiger partial charge in [-0.05, 0) is 25.0 Å². The SMILES string of the molecule is CCC(C)[C@H](N)C(=O)N[C@H](C)c1ccccn1. The Kier molecular flexibility index (Phi) is 5.10. The van der Waals surface area contributed by atoms with Crippen molar-refractivity contribution in [3.05, 3.63) is 30.1 Å². The van der Waals surface area contributed by atoms with Gasteiger partial charge in [0.15, 0.2) is 0 Å². The summed E-state index contributed by atoms with van der Waals surface area (Å²) in [5, 5.41) is 2.88. The van der Waals surface area contributed by atoms with Crippen LogP contribution in [-0.2, 0) is 4.79 Å². The molecule has 0 aliphatic rings. The molecule has 4 nitrogen and oxygen atoms in total. The van der Waals surface area contributed by atoms with Crippen molar-refractivity contribution in [1.29, 1.82) is 0 Å². The molecule has 0 radical (unpaired) electrons. The highest BCUT2D eigenvalue weighted by Gasteiger charge is 2.21. The lowest BCUT2D eigenvalue weighted by Gasteiger charge is -2.20. The Balaban J connectivity index is 2.57. The van der Waals surface area contributed by atoms with Gasteiger partial charge in [0, 0.05) is 6.20 Å². The van der Waals surface area contributed by atoms with Crippen LogP contribution in [0.4, 0.5) is 0 Å². The summed E-state index contributed by atoms with van der Waals surface area (Å²) in [5.41, 5.74) is 6.71. The van der Waals surface area contributed by atoms with E-state index in [1.165, 1.54) is 0 Å². The van der Waals surface area contributed by atoms with Crippen molar-refractivity contribution in [2.45, 2.75) is 39.3 Å². The van der Waals surface area contributed by atoms with Crippen molar-refractivity contribution in [2.75, 3.05) is 0 Å². The maximum Gasteiger partial charge on any atom is 0.237 e. The summed E-state index contributed by atoms with van der Waals surface area (Å²) in [6.07, 6.45) is 2.61. The summed E-state index contributed by atoms with van der Waals surface area (Å²) >= 11 is 0. The molecule has 1 amide bonds. The van der Waals surface area contributed by atoms with Gasteiger partial charge in [-0.25, -0.2) is 0 Å². The van der Waals surface area contributed by atoms with E-state index in [9.17, 15) is 4.79 Å². The van der Waals surface area contributed by atoms with Crippen LogP contribution in [0.25, 0.3) is 0 Å². The van der Waals surface area contributed by atoms with Crippen LogP contribution in [-0.4, -0.2) is 16.9 Å². The van der Waals surface area contributed by atoms with E-state index in [2.05, 4.69) is 10.3 Å². The van der Waals surface area contributed by atoms with E-state index in [-0.39, 0.29) is 17.9 Å². The van der Waals surface area contributed by atoms with Gasteiger partial charge in [0.2, 0.25) is 5.91 Å². The Hall–Kier alpha value is -1.42. The van der Waals surface area contributed by atoms with Crippen molar-refractivity contribution < 1.29 is 4.79 Å². The van der Waals surface area contributed by atoms with Crippen molar-refractivity contribution in [3.63, 3.8) is 0 Å². The standard InChI is InChI=1S/C13H21N3O/c1-4-9(2)12(14)13(17)16-10(3)11-7-5-6-8-15-11/h5-10,12H,4,14H2,1-3H3,(H,16,17)/t9?,10-,12+/m1/s1. The Morgan fingerprint density at radius 1 is 1.47 bits per heavy atom.